The number of aryl methyl sites for hydroxylation is 2. The topological polar surface area (TPSA) is 70.3 Å². The Bertz CT molecular complexity index is 1720. The van der Waals surface area contributed by atoms with E-state index in [1.807, 2.05) is 55.5 Å². The van der Waals surface area contributed by atoms with E-state index in [4.69, 9.17) is 4.74 Å². The molecule has 0 saturated heterocycles. The Morgan fingerprint density at radius 2 is 1.60 bits per heavy atom. The number of ether oxygens (including phenoxy) is 1. The van der Waals surface area contributed by atoms with Crippen LogP contribution in [0.2, 0.25) is 0 Å². The van der Waals surface area contributed by atoms with Gasteiger partial charge in [0.25, 0.3) is 15.6 Å². The molecule has 0 unspecified atom stereocenters. The predicted molar refractivity (Wildman–Crippen MR) is 146 cm³/mol. The molecule has 0 atom stereocenters. The van der Waals surface area contributed by atoms with Gasteiger partial charge >= 0.3 is 0 Å². The molecule has 8 heteroatoms. The van der Waals surface area contributed by atoms with Crippen molar-refractivity contribution in [2.75, 3.05) is 0 Å². The minimum absolute atomic E-state index is 0.0927. The van der Waals surface area contributed by atoms with Gasteiger partial charge in [0.15, 0.2) is 0 Å². The van der Waals surface area contributed by atoms with E-state index >= 15 is 0 Å². The maximum atomic E-state index is 13.5. The molecule has 5 aromatic rings. The molecule has 2 heterocycles. The Balaban J connectivity index is 1.74. The molecule has 0 saturated carbocycles. The van der Waals surface area contributed by atoms with Gasteiger partial charge in [-0.15, -0.1) is 0 Å². The summed E-state index contributed by atoms with van der Waals surface area (Å²) in [6.07, 6.45) is 3.16. The number of rotatable bonds is 5. The molecule has 0 N–H and O–H groups in total. The highest BCUT2D eigenvalue weighted by Gasteiger charge is 2.24. The van der Waals surface area contributed by atoms with Gasteiger partial charge in [0.2, 0.25) is 0 Å². The summed E-state index contributed by atoms with van der Waals surface area (Å²) in [6.45, 7) is 1.89. The molecule has 0 fully saturated rings. The average Bonchev–Trinajstić information content (AvgIpc) is 3.30. The fourth-order valence-corrected chi connectivity index (χ4v) is 5.82. The summed E-state index contributed by atoms with van der Waals surface area (Å²) in [7, 11) is -2.36. The Labute approximate surface area is 216 Å². The van der Waals surface area contributed by atoms with Crippen molar-refractivity contribution in [2.45, 2.75) is 11.8 Å². The predicted octanol–water partition coefficient (Wildman–Crippen LogP) is 5.95. The first-order valence-electron chi connectivity index (χ1n) is 10.8. The van der Waals surface area contributed by atoms with Crippen molar-refractivity contribution in [1.82, 2.24) is 8.54 Å². The SMILES string of the molecule is Cc1ccc(S(=O)(=O)n2ccc3c(-c4cc(I)ccc4Oc4ccccc4)cn(C)c(=O)c32)cc1. The van der Waals surface area contributed by atoms with Crippen LogP contribution in [-0.2, 0) is 17.1 Å². The summed E-state index contributed by atoms with van der Waals surface area (Å²) < 4.78 is 36.6. The fourth-order valence-electron chi connectivity index (χ4n) is 3.99. The van der Waals surface area contributed by atoms with Gasteiger partial charge in [0.05, 0.1) is 4.90 Å². The lowest BCUT2D eigenvalue weighted by Crippen LogP contribution is -2.22. The Morgan fingerprint density at radius 1 is 0.886 bits per heavy atom. The molecule has 6 nitrogen and oxygen atoms in total. The van der Waals surface area contributed by atoms with Crippen molar-refractivity contribution < 1.29 is 13.2 Å². The van der Waals surface area contributed by atoms with Gasteiger partial charge in [0, 0.05) is 39.5 Å². The van der Waals surface area contributed by atoms with E-state index in [1.54, 1.807) is 43.6 Å². The molecule has 0 radical (unpaired) electrons. The zero-order chi connectivity index (χ0) is 24.7. The normalized spacial score (nSPS) is 11.6. The summed E-state index contributed by atoms with van der Waals surface area (Å²) in [6, 6.07) is 23.4. The van der Waals surface area contributed by atoms with Crippen molar-refractivity contribution in [3.8, 4) is 22.6 Å². The number of pyridine rings is 1. The molecule has 0 amide bonds. The smallest absolute Gasteiger partial charge is 0.275 e. The van der Waals surface area contributed by atoms with E-state index < -0.39 is 15.6 Å². The van der Waals surface area contributed by atoms with Crippen LogP contribution in [0.15, 0.2) is 101 Å². The van der Waals surface area contributed by atoms with Crippen LogP contribution < -0.4 is 10.3 Å². The molecule has 35 heavy (non-hydrogen) atoms. The molecule has 0 spiro atoms. The van der Waals surface area contributed by atoms with Crippen molar-refractivity contribution in [3.63, 3.8) is 0 Å². The molecule has 3 aromatic carbocycles. The molecule has 0 bridgehead atoms. The van der Waals surface area contributed by atoms with Crippen molar-refractivity contribution in [2.24, 2.45) is 7.05 Å². The highest BCUT2D eigenvalue weighted by molar-refractivity contribution is 14.1. The number of halogens is 1. The molecule has 0 aliphatic heterocycles. The Hall–Kier alpha value is -3.37. The number of aromatic nitrogens is 2. The third-order valence-electron chi connectivity index (χ3n) is 5.77. The number of hydrogen-bond donors (Lipinski definition) is 0. The quantitative estimate of drug-likeness (QED) is 0.235. The van der Waals surface area contributed by atoms with E-state index in [0.717, 1.165) is 18.7 Å². The number of para-hydroxylation sites is 1. The fraction of sp³-hybridized carbons (Fsp3) is 0.0741. The lowest BCUT2D eigenvalue weighted by Gasteiger charge is -2.15. The van der Waals surface area contributed by atoms with Gasteiger partial charge in [0.1, 0.15) is 17.0 Å². The van der Waals surface area contributed by atoms with Gasteiger partial charge in [-0.2, -0.15) is 0 Å². The molecular weight excluding hydrogens is 575 g/mol. The summed E-state index contributed by atoms with van der Waals surface area (Å²) in [5, 5.41) is 0.531. The number of benzene rings is 3. The highest BCUT2D eigenvalue weighted by atomic mass is 127. The maximum Gasteiger partial charge on any atom is 0.275 e. The van der Waals surface area contributed by atoms with Crippen LogP contribution >= 0.6 is 22.6 Å². The van der Waals surface area contributed by atoms with Gasteiger partial charge in [-0.25, -0.2) is 12.4 Å². The van der Waals surface area contributed by atoms with Crippen molar-refractivity contribution in [1.29, 1.82) is 0 Å². The van der Waals surface area contributed by atoms with Crippen molar-refractivity contribution in [3.05, 3.63) is 111 Å². The number of fused-ring (bicyclic) bond motifs is 1. The van der Waals surface area contributed by atoms with Gasteiger partial charge in [-0.3, -0.25) is 4.79 Å². The highest BCUT2D eigenvalue weighted by Crippen LogP contribution is 2.38. The van der Waals surface area contributed by atoms with Crippen LogP contribution in [0.25, 0.3) is 22.0 Å². The lowest BCUT2D eigenvalue weighted by atomic mass is 10.0. The van der Waals surface area contributed by atoms with Gasteiger partial charge in [-0.1, -0.05) is 35.9 Å². The zero-order valence-corrected chi connectivity index (χ0v) is 21.9. The largest absolute Gasteiger partial charge is 0.457 e. The zero-order valence-electron chi connectivity index (χ0n) is 19.0. The van der Waals surface area contributed by atoms with E-state index in [2.05, 4.69) is 22.6 Å². The van der Waals surface area contributed by atoms with Crippen LogP contribution in [0.5, 0.6) is 11.5 Å². The summed E-state index contributed by atoms with van der Waals surface area (Å²) in [5.41, 5.74) is 2.09. The summed E-state index contributed by atoms with van der Waals surface area (Å²) in [5.74, 6) is 1.28. The van der Waals surface area contributed by atoms with Crippen LogP contribution in [0, 0.1) is 10.5 Å². The van der Waals surface area contributed by atoms with E-state index in [0.29, 0.717) is 22.4 Å². The van der Waals surface area contributed by atoms with E-state index in [-0.39, 0.29) is 10.4 Å². The first-order chi connectivity index (χ1) is 16.8. The Morgan fingerprint density at radius 3 is 2.31 bits per heavy atom. The van der Waals surface area contributed by atoms with Gasteiger partial charge in [-0.05, 0) is 78.0 Å². The van der Waals surface area contributed by atoms with Crippen LogP contribution in [0.3, 0.4) is 0 Å². The van der Waals surface area contributed by atoms with Crippen LogP contribution in [0.4, 0.5) is 0 Å². The number of nitrogens with zero attached hydrogens (tertiary/aromatic N) is 2. The standard InChI is InChI=1S/C27H21IN2O4S/c1-18-8-11-21(12-9-18)35(32,33)30-15-14-22-24(17-29(2)27(31)26(22)30)23-16-19(28)10-13-25(23)34-20-6-4-3-5-7-20/h3-17H,1-2H3. The summed E-state index contributed by atoms with van der Waals surface area (Å²) >= 11 is 2.22. The summed E-state index contributed by atoms with van der Waals surface area (Å²) in [4.78, 5) is 13.3. The third kappa shape index (κ3) is 4.28. The monoisotopic (exact) mass is 596 g/mol. The van der Waals surface area contributed by atoms with Crippen LogP contribution in [0.1, 0.15) is 5.56 Å². The third-order valence-corrected chi connectivity index (χ3v) is 8.13. The Kier molecular flexibility index (Phi) is 6.02. The molecule has 0 aliphatic rings. The maximum absolute atomic E-state index is 13.5. The van der Waals surface area contributed by atoms with Gasteiger partial charge < -0.3 is 9.30 Å². The molecule has 176 valence electrons. The second kappa shape index (κ2) is 9.01. The molecule has 0 aliphatic carbocycles. The van der Waals surface area contributed by atoms with E-state index in [1.165, 1.54) is 10.8 Å². The molecular formula is C27H21IN2O4S. The minimum Gasteiger partial charge on any atom is -0.457 e. The van der Waals surface area contributed by atoms with E-state index in [9.17, 15) is 13.2 Å². The first kappa shape index (κ1) is 23.4. The number of hydrogen-bond acceptors (Lipinski definition) is 4. The first-order valence-corrected chi connectivity index (χ1v) is 13.3. The second-order valence-electron chi connectivity index (χ2n) is 8.21. The second-order valence-corrected chi connectivity index (χ2v) is 11.3. The van der Waals surface area contributed by atoms with Crippen molar-refractivity contribution >= 4 is 43.5 Å². The lowest BCUT2D eigenvalue weighted by molar-refractivity contribution is 0.484. The van der Waals surface area contributed by atoms with Crippen LogP contribution in [-0.4, -0.2) is 17.0 Å². The average molecular weight is 596 g/mol. The molecule has 2 aromatic heterocycles. The minimum atomic E-state index is -3.97. The molecule has 5 rings (SSSR count).